The van der Waals surface area contributed by atoms with Crippen molar-refractivity contribution >= 4 is 27.6 Å². The lowest BCUT2D eigenvalue weighted by atomic mass is 10.1. The second-order valence-electron chi connectivity index (χ2n) is 5.02. The summed E-state index contributed by atoms with van der Waals surface area (Å²) < 4.78 is 25.0. The van der Waals surface area contributed by atoms with Gasteiger partial charge in [0.2, 0.25) is 15.9 Å². The molecule has 0 aromatic heterocycles. The number of sulfonamides is 1. The quantitative estimate of drug-likeness (QED) is 0.867. The molecule has 1 aromatic rings. The monoisotopic (exact) mass is 312 g/mol. The smallest absolute Gasteiger partial charge is 0.308 e. The first-order chi connectivity index (χ1) is 9.73. The lowest BCUT2D eigenvalue weighted by molar-refractivity contribution is -0.141. The van der Waals surface area contributed by atoms with Gasteiger partial charge in [-0.1, -0.05) is 0 Å². The molecule has 0 radical (unpaired) electrons. The predicted octanol–water partition coefficient (Wildman–Crippen LogP) is 0.374. The first-order valence-electron chi connectivity index (χ1n) is 6.29. The molecular formula is C13H16N2O5S. The minimum Gasteiger partial charge on any atom is -0.481 e. The van der Waals surface area contributed by atoms with E-state index in [2.05, 4.69) is 0 Å². The Kier molecular flexibility index (Phi) is 4.02. The lowest BCUT2D eigenvalue weighted by Crippen LogP contribution is -2.26. The molecule has 1 fully saturated rings. The number of carboxylic acid groups (broad SMARTS) is 1. The van der Waals surface area contributed by atoms with Crippen LogP contribution in [0.4, 0.5) is 5.69 Å². The van der Waals surface area contributed by atoms with Gasteiger partial charge < -0.3 is 10.0 Å². The molecule has 1 aromatic carbocycles. The van der Waals surface area contributed by atoms with E-state index in [0.29, 0.717) is 5.69 Å². The summed E-state index contributed by atoms with van der Waals surface area (Å²) in [5.41, 5.74) is 0.501. The fourth-order valence-corrected chi connectivity index (χ4v) is 3.03. The van der Waals surface area contributed by atoms with Crippen LogP contribution in [-0.2, 0) is 19.6 Å². The highest BCUT2D eigenvalue weighted by atomic mass is 32.2. The number of amides is 1. The van der Waals surface area contributed by atoms with Crippen LogP contribution in [0, 0.1) is 5.92 Å². The highest BCUT2D eigenvalue weighted by Crippen LogP contribution is 2.26. The third-order valence-corrected chi connectivity index (χ3v) is 5.23. The van der Waals surface area contributed by atoms with Crippen LogP contribution in [0.3, 0.4) is 0 Å². The molecule has 2 rings (SSSR count). The molecule has 1 N–H and O–H groups in total. The normalized spacial score (nSPS) is 19.3. The summed E-state index contributed by atoms with van der Waals surface area (Å²) in [6, 6.07) is 5.84. The van der Waals surface area contributed by atoms with E-state index in [4.69, 9.17) is 5.11 Å². The molecule has 0 unspecified atom stereocenters. The van der Waals surface area contributed by atoms with E-state index in [0.717, 1.165) is 4.31 Å². The van der Waals surface area contributed by atoms with E-state index in [-0.39, 0.29) is 23.8 Å². The molecule has 0 aliphatic carbocycles. The second kappa shape index (κ2) is 5.45. The summed E-state index contributed by atoms with van der Waals surface area (Å²) in [5.74, 6) is -1.99. The maximum Gasteiger partial charge on any atom is 0.308 e. The maximum absolute atomic E-state index is 11.9. The van der Waals surface area contributed by atoms with Gasteiger partial charge >= 0.3 is 5.97 Å². The van der Waals surface area contributed by atoms with Crippen molar-refractivity contribution in [2.24, 2.45) is 5.92 Å². The number of rotatable bonds is 4. The van der Waals surface area contributed by atoms with Gasteiger partial charge in [0.15, 0.2) is 0 Å². The number of anilines is 1. The molecule has 1 aliphatic rings. The minimum atomic E-state index is -3.52. The zero-order chi connectivity index (χ0) is 15.8. The fraction of sp³-hybridized carbons (Fsp3) is 0.385. The maximum atomic E-state index is 11.9. The molecule has 21 heavy (non-hydrogen) atoms. The Bertz CT molecular complexity index is 666. The van der Waals surface area contributed by atoms with Crippen LogP contribution >= 0.6 is 0 Å². The van der Waals surface area contributed by atoms with Gasteiger partial charge in [0, 0.05) is 32.7 Å². The molecule has 114 valence electrons. The predicted molar refractivity (Wildman–Crippen MR) is 75.4 cm³/mol. The number of hydrogen-bond donors (Lipinski definition) is 1. The molecule has 1 amide bonds. The van der Waals surface area contributed by atoms with E-state index in [1.807, 2.05) is 0 Å². The number of carbonyl (C=O) groups is 2. The molecule has 0 saturated carbocycles. The van der Waals surface area contributed by atoms with Crippen molar-refractivity contribution in [2.75, 3.05) is 25.5 Å². The van der Waals surface area contributed by atoms with Gasteiger partial charge in [0.1, 0.15) is 0 Å². The summed E-state index contributed by atoms with van der Waals surface area (Å²) >= 11 is 0. The van der Waals surface area contributed by atoms with Crippen molar-refractivity contribution in [1.29, 1.82) is 0 Å². The van der Waals surface area contributed by atoms with Crippen molar-refractivity contribution in [3.05, 3.63) is 24.3 Å². The van der Waals surface area contributed by atoms with Gasteiger partial charge in [-0.2, -0.15) is 0 Å². The Balaban J connectivity index is 2.25. The fourth-order valence-electron chi connectivity index (χ4n) is 2.13. The van der Waals surface area contributed by atoms with Crippen LogP contribution in [0.1, 0.15) is 6.42 Å². The average molecular weight is 312 g/mol. The number of aliphatic carboxylic acids is 1. The lowest BCUT2D eigenvalue weighted by Gasteiger charge is -2.17. The third-order valence-electron chi connectivity index (χ3n) is 3.40. The number of carbonyl (C=O) groups excluding carboxylic acids is 1. The average Bonchev–Trinajstić information content (AvgIpc) is 2.81. The van der Waals surface area contributed by atoms with Crippen molar-refractivity contribution in [3.8, 4) is 0 Å². The van der Waals surface area contributed by atoms with Gasteiger partial charge in [-0.05, 0) is 24.3 Å². The Morgan fingerprint density at radius 2 is 1.86 bits per heavy atom. The van der Waals surface area contributed by atoms with Crippen LogP contribution in [0.5, 0.6) is 0 Å². The van der Waals surface area contributed by atoms with Crippen molar-refractivity contribution < 1.29 is 23.1 Å². The molecule has 7 nitrogen and oxygen atoms in total. The molecule has 1 atom stereocenters. The first kappa shape index (κ1) is 15.5. The van der Waals surface area contributed by atoms with Crippen molar-refractivity contribution in [3.63, 3.8) is 0 Å². The van der Waals surface area contributed by atoms with Gasteiger partial charge in [-0.3, -0.25) is 9.59 Å². The number of carboxylic acids is 1. The van der Waals surface area contributed by atoms with E-state index in [9.17, 15) is 18.0 Å². The third kappa shape index (κ3) is 2.91. The molecular weight excluding hydrogens is 296 g/mol. The second-order valence-corrected chi connectivity index (χ2v) is 7.18. The van der Waals surface area contributed by atoms with Gasteiger partial charge in [0.05, 0.1) is 10.8 Å². The van der Waals surface area contributed by atoms with Crippen LogP contribution < -0.4 is 4.90 Å². The minimum absolute atomic E-state index is 0.0346. The zero-order valence-corrected chi connectivity index (χ0v) is 12.5. The van der Waals surface area contributed by atoms with Crippen LogP contribution in [0.15, 0.2) is 29.2 Å². The molecule has 1 heterocycles. The Labute approximate surface area is 122 Å². The SMILES string of the molecule is CN(C)S(=O)(=O)c1ccc(N2C[C@H](C(=O)O)CC2=O)cc1. The largest absolute Gasteiger partial charge is 0.481 e. The Morgan fingerprint density at radius 3 is 2.29 bits per heavy atom. The summed E-state index contributed by atoms with van der Waals surface area (Å²) in [5, 5.41) is 8.94. The Hall–Kier alpha value is -1.93. The number of hydrogen-bond acceptors (Lipinski definition) is 4. The summed E-state index contributed by atoms with van der Waals surface area (Å²) in [4.78, 5) is 24.2. The van der Waals surface area contributed by atoms with Gasteiger partial charge in [-0.25, -0.2) is 12.7 Å². The van der Waals surface area contributed by atoms with Gasteiger partial charge in [0.25, 0.3) is 0 Å². The number of nitrogens with zero attached hydrogens (tertiary/aromatic N) is 2. The van der Waals surface area contributed by atoms with Crippen molar-refractivity contribution in [2.45, 2.75) is 11.3 Å². The van der Waals surface area contributed by atoms with E-state index >= 15 is 0 Å². The Morgan fingerprint density at radius 1 is 1.29 bits per heavy atom. The zero-order valence-electron chi connectivity index (χ0n) is 11.7. The topological polar surface area (TPSA) is 95.0 Å². The highest BCUT2D eigenvalue weighted by Gasteiger charge is 2.35. The first-order valence-corrected chi connectivity index (χ1v) is 7.73. The van der Waals surface area contributed by atoms with Crippen molar-refractivity contribution in [1.82, 2.24) is 4.31 Å². The highest BCUT2D eigenvalue weighted by molar-refractivity contribution is 7.89. The molecule has 1 aliphatic heterocycles. The van der Waals surface area contributed by atoms with E-state index in [1.54, 1.807) is 0 Å². The summed E-state index contributed by atoms with van der Waals surface area (Å²) in [7, 11) is -0.649. The van der Waals surface area contributed by atoms with E-state index in [1.165, 1.54) is 43.3 Å². The molecule has 0 spiro atoms. The summed E-state index contributed by atoms with van der Waals surface area (Å²) in [6.07, 6.45) is -0.0346. The number of benzene rings is 1. The van der Waals surface area contributed by atoms with Crippen LogP contribution in [0.2, 0.25) is 0 Å². The van der Waals surface area contributed by atoms with E-state index < -0.39 is 21.9 Å². The van der Waals surface area contributed by atoms with Gasteiger partial charge in [-0.15, -0.1) is 0 Å². The molecule has 0 bridgehead atoms. The molecule has 8 heteroatoms. The van der Waals surface area contributed by atoms with Crippen LogP contribution in [-0.4, -0.2) is 50.3 Å². The molecule has 1 saturated heterocycles. The standard InChI is InChI=1S/C13H16N2O5S/c1-14(2)21(19,20)11-5-3-10(4-6-11)15-8-9(13(17)18)7-12(15)16/h3-6,9H,7-8H2,1-2H3,(H,17,18)/t9-/m1/s1. The summed E-state index contributed by atoms with van der Waals surface area (Å²) in [6.45, 7) is 0.105. The van der Waals surface area contributed by atoms with Crippen LogP contribution in [0.25, 0.3) is 0 Å².